The average Bonchev–Trinajstić information content (AvgIpc) is 2.99. The molecule has 1 N–H and O–H groups in total. The Labute approximate surface area is 173 Å². The molecule has 30 heavy (non-hydrogen) atoms. The molecule has 3 aromatic rings. The van der Waals surface area contributed by atoms with Crippen LogP contribution in [0.1, 0.15) is 37.6 Å². The van der Waals surface area contributed by atoms with E-state index in [0.717, 1.165) is 0 Å². The number of anilines is 1. The minimum absolute atomic E-state index is 0.0768. The number of rotatable bonds is 2. The van der Waals surface area contributed by atoms with Crippen molar-refractivity contribution in [2.24, 2.45) is 0 Å². The van der Waals surface area contributed by atoms with E-state index in [0.29, 0.717) is 49.6 Å². The molecule has 1 aliphatic rings. The van der Waals surface area contributed by atoms with Crippen molar-refractivity contribution in [2.75, 3.05) is 31.1 Å². The lowest BCUT2D eigenvalue weighted by molar-refractivity contribution is 0.0762. The zero-order chi connectivity index (χ0) is 21.5. The number of carbonyl (C=O) groups excluding carboxylic acids is 1. The first-order valence-corrected chi connectivity index (χ1v) is 10.0. The van der Waals surface area contributed by atoms with Gasteiger partial charge in [0, 0.05) is 26.2 Å². The van der Waals surface area contributed by atoms with Gasteiger partial charge in [-0.3, -0.25) is 14.6 Å². The molecule has 1 fully saturated rings. The zero-order valence-electron chi connectivity index (χ0n) is 17.4. The SMILES string of the molecule is CC(C)(C)n1ncc2c(=O)[nH]c(N3CCCN(C(=O)c4ccccc4F)CC3)nc21. The fourth-order valence-corrected chi connectivity index (χ4v) is 3.68. The van der Waals surface area contributed by atoms with E-state index in [1.54, 1.807) is 21.7 Å². The summed E-state index contributed by atoms with van der Waals surface area (Å²) < 4.78 is 15.8. The zero-order valence-corrected chi connectivity index (χ0v) is 17.4. The van der Waals surface area contributed by atoms with Gasteiger partial charge in [0.25, 0.3) is 11.5 Å². The molecule has 0 atom stereocenters. The number of amides is 1. The predicted molar refractivity (Wildman–Crippen MR) is 112 cm³/mol. The summed E-state index contributed by atoms with van der Waals surface area (Å²) in [5, 5.41) is 4.78. The van der Waals surface area contributed by atoms with Gasteiger partial charge in [0.2, 0.25) is 5.95 Å². The van der Waals surface area contributed by atoms with E-state index in [9.17, 15) is 14.0 Å². The third-order valence-corrected chi connectivity index (χ3v) is 5.25. The molecule has 0 aliphatic carbocycles. The van der Waals surface area contributed by atoms with E-state index >= 15 is 0 Å². The summed E-state index contributed by atoms with van der Waals surface area (Å²) in [5.74, 6) is -0.383. The van der Waals surface area contributed by atoms with Crippen molar-refractivity contribution < 1.29 is 9.18 Å². The average molecular weight is 412 g/mol. The van der Waals surface area contributed by atoms with Crippen LogP contribution in [0.25, 0.3) is 11.0 Å². The molecular weight excluding hydrogens is 387 g/mol. The largest absolute Gasteiger partial charge is 0.340 e. The number of nitrogens with one attached hydrogen (secondary N) is 1. The number of halogens is 1. The summed E-state index contributed by atoms with van der Waals surface area (Å²) >= 11 is 0. The van der Waals surface area contributed by atoms with Gasteiger partial charge >= 0.3 is 0 Å². The van der Waals surface area contributed by atoms with Gasteiger partial charge in [-0.15, -0.1) is 0 Å². The number of H-pyrrole nitrogens is 1. The molecule has 0 spiro atoms. The standard InChI is InChI=1S/C21H25FN6O2/c1-21(2,3)28-17-15(13-23-28)18(29)25-20(24-17)27-10-6-9-26(11-12-27)19(30)14-7-4-5-8-16(14)22/h4-5,7-8,13H,6,9-12H2,1-3H3,(H,24,25,29). The van der Waals surface area contributed by atoms with Gasteiger partial charge in [-0.05, 0) is 39.3 Å². The molecule has 1 saturated heterocycles. The molecule has 8 nitrogen and oxygen atoms in total. The minimum atomic E-state index is -0.518. The van der Waals surface area contributed by atoms with Crippen molar-refractivity contribution in [3.63, 3.8) is 0 Å². The Kier molecular flexibility index (Phi) is 5.05. The summed E-state index contributed by atoms with van der Waals surface area (Å²) in [6.45, 7) is 8.03. The molecule has 0 radical (unpaired) electrons. The summed E-state index contributed by atoms with van der Waals surface area (Å²) in [6.07, 6.45) is 2.22. The Morgan fingerprint density at radius 3 is 2.63 bits per heavy atom. The van der Waals surface area contributed by atoms with Crippen LogP contribution in [0.3, 0.4) is 0 Å². The van der Waals surface area contributed by atoms with Crippen LogP contribution >= 0.6 is 0 Å². The van der Waals surface area contributed by atoms with E-state index in [2.05, 4.69) is 15.1 Å². The maximum atomic E-state index is 14.0. The van der Waals surface area contributed by atoms with Crippen LogP contribution in [0.4, 0.5) is 10.3 Å². The van der Waals surface area contributed by atoms with Crippen LogP contribution in [0.5, 0.6) is 0 Å². The number of hydrogen-bond donors (Lipinski definition) is 1. The number of carbonyl (C=O) groups is 1. The Morgan fingerprint density at radius 1 is 1.13 bits per heavy atom. The highest BCUT2D eigenvalue weighted by Crippen LogP contribution is 2.21. The predicted octanol–water partition coefficient (Wildman–Crippen LogP) is 2.37. The van der Waals surface area contributed by atoms with E-state index in [1.807, 2.05) is 25.7 Å². The van der Waals surface area contributed by atoms with Crippen LogP contribution < -0.4 is 10.5 Å². The Morgan fingerprint density at radius 2 is 1.90 bits per heavy atom. The molecular formula is C21H25FN6O2. The Balaban J connectivity index is 1.59. The van der Waals surface area contributed by atoms with Gasteiger partial charge < -0.3 is 9.80 Å². The van der Waals surface area contributed by atoms with Crippen LogP contribution in [-0.4, -0.2) is 56.7 Å². The smallest absolute Gasteiger partial charge is 0.263 e. The van der Waals surface area contributed by atoms with Gasteiger partial charge in [0.15, 0.2) is 5.65 Å². The molecule has 1 aromatic carbocycles. The summed E-state index contributed by atoms with van der Waals surface area (Å²) in [6, 6.07) is 6.01. The summed E-state index contributed by atoms with van der Waals surface area (Å²) in [4.78, 5) is 36.4. The van der Waals surface area contributed by atoms with Gasteiger partial charge in [-0.2, -0.15) is 10.1 Å². The van der Waals surface area contributed by atoms with E-state index < -0.39 is 5.82 Å². The van der Waals surface area contributed by atoms with Crippen molar-refractivity contribution in [2.45, 2.75) is 32.7 Å². The Hall–Kier alpha value is -3.23. The van der Waals surface area contributed by atoms with Crippen molar-refractivity contribution in [1.82, 2.24) is 24.6 Å². The van der Waals surface area contributed by atoms with Crippen molar-refractivity contribution in [1.29, 1.82) is 0 Å². The lowest BCUT2D eigenvalue weighted by Crippen LogP contribution is -2.36. The lowest BCUT2D eigenvalue weighted by atomic mass is 10.1. The third-order valence-electron chi connectivity index (χ3n) is 5.25. The normalized spacial score (nSPS) is 15.5. The second kappa shape index (κ2) is 7.55. The topological polar surface area (TPSA) is 87.1 Å². The van der Waals surface area contributed by atoms with Gasteiger partial charge in [0.05, 0.1) is 17.3 Å². The number of aromatic nitrogens is 4. The maximum absolute atomic E-state index is 14.0. The minimum Gasteiger partial charge on any atom is -0.340 e. The maximum Gasteiger partial charge on any atom is 0.263 e. The number of fused-ring (bicyclic) bond motifs is 1. The molecule has 0 bridgehead atoms. The number of aromatic amines is 1. The lowest BCUT2D eigenvalue weighted by Gasteiger charge is -2.23. The molecule has 9 heteroatoms. The molecule has 0 saturated carbocycles. The molecule has 1 aliphatic heterocycles. The highest BCUT2D eigenvalue weighted by Gasteiger charge is 2.25. The highest BCUT2D eigenvalue weighted by atomic mass is 19.1. The molecule has 3 heterocycles. The fourth-order valence-electron chi connectivity index (χ4n) is 3.68. The van der Waals surface area contributed by atoms with Crippen LogP contribution in [-0.2, 0) is 5.54 Å². The fraction of sp³-hybridized carbons (Fsp3) is 0.429. The highest BCUT2D eigenvalue weighted by molar-refractivity contribution is 5.94. The van der Waals surface area contributed by atoms with Crippen LogP contribution in [0.15, 0.2) is 35.3 Å². The van der Waals surface area contributed by atoms with Crippen molar-refractivity contribution in [3.05, 3.63) is 52.2 Å². The first-order valence-electron chi connectivity index (χ1n) is 10.0. The third kappa shape index (κ3) is 3.67. The van der Waals surface area contributed by atoms with Gasteiger partial charge in [0.1, 0.15) is 11.2 Å². The molecule has 1 amide bonds. The second-order valence-corrected chi connectivity index (χ2v) is 8.47. The quantitative estimate of drug-likeness (QED) is 0.698. The molecule has 158 valence electrons. The summed E-state index contributed by atoms with van der Waals surface area (Å²) in [5.41, 5.74) is 0.0495. The molecule has 0 unspecified atom stereocenters. The van der Waals surface area contributed by atoms with Crippen LogP contribution in [0, 0.1) is 5.82 Å². The second-order valence-electron chi connectivity index (χ2n) is 8.47. The molecule has 4 rings (SSSR count). The first kappa shape index (κ1) is 20.1. The number of hydrogen-bond acceptors (Lipinski definition) is 5. The number of nitrogens with zero attached hydrogens (tertiary/aromatic N) is 5. The van der Waals surface area contributed by atoms with E-state index in [4.69, 9.17) is 0 Å². The van der Waals surface area contributed by atoms with Crippen LogP contribution in [0.2, 0.25) is 0 Å². The first-order chi connectivity index (χ1) is 14.3. The number of benzene rings is 1. The van der Waals surface area contributed by atoms with E-state index in [1.165, 1.54) is 18.3 Å². The summed E-state index contributed by atoms with van der Waals surface area (Å²) in [7, 11) is 0. The molecule has 2 aromatic heterocycles. The van der Waals surface area contributed by atoms with E-state index in [-0.39, 0.29) is 22.6 Å². The van der Waals surface area contributed by atoms with Gasteiger partial charge in [-0.25, -0.2) is 9.07 Å². The monoisotopic (exact) mass is 412 g/mol. The van der Waals surface area contributed by atoms with Gasteiger partial charge in [-0.1, -0.05) is 12.1 Å². The van der Waals surface area contributed by atoms with Crippen molar-refractivity contribution >= 4 is 22.9 Å². The van der Waals surface area contributed by atoms with Crippen molar-refractivity contribution in [3.8, 4) is 0 Å². The Bertz CT molecular complexity index is 1150.